The maximum atomic E-state index is 12.5. The lowest BCUT2D eigenvalue weighted by molar-refractivity contribution is -0.141. The molecule has 10 nitrogen and oxygen atoms in total. The molecule has 1 fully saturated rings. The summed E-state index contributed by atoms with van der Waals surface area (Å²) in [6.07, 6.45) is 5.06. The SMILES string of the molecule is NC(=O)CCCC(=O)N[C@@H](CC(=O)O)C(=O)N[C@@H](CC1CCCCC1)C(N)=O. The third-order valence-corrected chi connectivity index (χ3v) is 4.81. The molecule has 0 aliphatic heterocycles. The standard InChI is InChI=1S/C18H30N4O6/c19-14(23)7-4-8-15(24)21-13(10-16(25)26)18(28)22-12(17(20)27)9-11-5-2-1-3-6-11/h11-13H,1-10H2,(H2,19,23)(H2,20,27)(H,21,24)(H,22,28)(H,25,26)/t12-,13-/m0/s1. The molecule has 0 aromatic carbocycles. The van der Waals surface area contributed by atoms with E-state index >= 15 is 0 Å². The highest BCUT2D eigenvalue weighted by Gasteiger charge is 2.29. The second kappa shape index (κ2) is 11.9. The number of rotatable bonds is 12. The molecule has 1 aliphatic carbocycles. The minimum atomic E-state index is -1.34. The molecule has 4 amide bonds. The van der Waals surface area contributed by atoms with E-state index in [9.17, 15) is 24.0 Å². The third-order valence-electron chi connectivity index (χ3n) is 4.81. The van der Waals surface area contributed by atoms with Gasteiger partial charge in [-0.05, 0) is 18.8 Å². The molecule has 28 heavy (non-hydrogen) atoms. The number of primary amides is 2. The average Bonchev–Trinajstić information content (AvgIpc) is 2.60. The first-order chi connectivity index (χ1) is 13.2. The fourth-order valence-electron chi connectivity index (χ4n) is 3.35. The second-order valence-electron chi connectivity index (χ2n) is 7.24. The van der Waals surface area contributed by atoms with Crippen molar-refractivity contribution in [1.82, 2.24) is 10.6 Å². The lowest BCUT2D eigenvalue weighted by Crippen LogP contribution is -2.54. The Balaban J connectivity index is 2.66. The molecule has 0 heterocycles. The summed E-state index contributed by atoms with van der Waals surface area (Å²) >= 11 is 0. The highest BCUT2D eigenvalue weighted by atomic mass is 16.4. The van der Waals surface area contributed by atoms with E-state index in [2.05, 4.69) is 10.6 Å². The Morgan fingerprint density at radius 1 is 0.929 bits per heavy atom. The Bertz CT molecular complexity index is 589. The molecule has 7 N–H and O–H groups in total. The molecule has 0 aromatic heterocycles. The molecular formula is C18H30N4O6. The summed E-state index contributed by atoms with van der Waals surface area (Å²) in [7, 11) is 0. The molecule has 1 saturated carbocycles. The molecule has 0 saturated heterocycles. The Kier molecular flexibility index (Phi) is 9.97. The molecule has 10 heteroatoms. The lowest BCUT2D eigenvalue weighted by atomic mass is 9.84. The summed E-state index contributed by atoms with van der Waals surface area (Å²) in [5, 5.41) is 13.8. The van der Waals surface area contributed by atoms with Crippen LogP contribution in [0.4, 0.5) is 0 Å². The number of nitrogens with two attached hydrogens (primary N) is 2. The fourth-order valence-corrected chi connectivity index (χ4v) is 3.35. The molecule has 0 bridgehead atoms. The number of hydrogen-bond donors (Lipinski definition) is 5. The smallest absolute Gasteiger partial charge is 0.305 e. The molecule has 158 valence electrons. The van der Waals surface area contributed by atoms with Crippen LogP contribution >= 0.6 is 0 Å². The van der Waals surface area contributed by atoms with Gasteiger partial charge in [0.15, 0.2) is 0 Å². The number of nitrogens with one attached hydrogen (secondary N) is 2. The summed E-state index contributed by atoms with van der Waals surface area (Å²) in [5.74, 6) is -3.61. The van der Waals surface area contributed by atoms with Crippen molar-refractivity contribution in [3.05, 3.63) is 0 Å². The summed E-state index contributed by atoms with van der Waals surface area (Å²) in [6, 6.07) is -2.26. The van der Waals surface area contributed by atoms with Crippen LogP contribution in [0.5, 0.6) is 0 Å². The highest BCUT2D eigenvalue weighted by Crippen LogP contribution is 2.27. The second-order valence-corrected chi connectivity index (χ2v) is 7.24. The number of carbonyl (C=O) groups is 5. The van der Waals surface area contributed by atoms with E-state index in [-0.39, 0.29) is 25.2 Å². The van der Waals surface area contributed by atoms with Crippen molar-refractivity contribution in [2.75, 3.05) is 0 Å². The Morgan fingerprint density at radius 3 is 2.11 bits per heavy atom. The van der Waals surface area contributed by atoms with Crippen molar-refractivity contribution in [2.24, 2.45) is 17.4 Å². The normalized spacial score (nSPS) is 16.6. The lowest BCUT2D eigenvalue weighted by Gasteiger charge is -2.26. The maximum absolute atomic E-state index is 12.5. The summed E-state index contributed by atoms with van der Waals surface area (Å²) in [6.45, 7) is 0. The van der Waals surface area contributed by atoms with E-state index in [0.717, 1.165) is 32.1 Å². The van der Waals surface area contributed by atoms with E-state index in [1.54, 1.807) is 0 Å². The number of amides is 4. The van der Waals surface area contributed by atoms with Gasteiger partial charge in [-0.2, -0.15) is 0 Å². The van der Waals surface area contributed by atoms with Gasteiger partial charge in [-0.25, -0.2) is 0 Å². The van der Waals surface area contributed by atoms with Crippen LogP contribution in [0, 0.1) is 5.92 Å². The van der Waals surface area contributed by atoms with Gasteiger partial charge in [0.1, 0.15) is 12.1 Å². The van der Waals surface area contributed by atoms with Crippen LogP contribution < -0.4 is 22.1 Å². The van der Waals surface area contributed by atoms with Gasteiger partial charge in [0.2, 0.25) is 23.6 Å². The zero-order chi connectivity index (χ0) is 21.1. The zero-order valence-electron chi connectivity index (χ0n) is 15.9. The molecule has 1 rings (SSSR count). The first kappa shape index (κ1) is 23.4. The van der Waals surface area contributed by atoms with E-state index < -0.39 is 48.1 Å². The number of carboxylic acid groups (broad SMARTS) is 1. The first-order valence-corrected chi connectivity index (χ1v) is 9.58. The van der Waals surface area contributed by atoms with E-state index in [1.807, 2.05) is 0 Å². The molecule has 0 aromatic rings. The minimum absolute atomic E-state index is 0.00829. The van der Waals surface area contributed by atoms with Gasteiger partial charge in [0.25, 0.3) is 0 Å². The van der Waals surface area contributed by atoms with E-state index in [1.165, 1.54) is 0 Å². The van der Waals surface area contributed by atoms with Gasteiger partial charge in [-0.1, -0.05) is 32.1 Å². The van der Waals surface area contributed by atoms with Crippen LogP contribution in [0.15, 0.2) is 0 Å². The topological polar surface area (TPSA) is 182 Å². The summed E-state index contributed by atoms with van der Waals surface area (Å²) < 4.78 is 0. The molecular weight excluding hydrogens is 368 g/mol. The van der Waals surface area contributed by atoms with Crippen molar-refractivity contribution >= 4 is 29.6 Å². The van der Waals surface area contributed by atoms with Crippen LogP contribution in [0.25, 0.3) is 0 Å². The maximum Gasteiger partial charge on any atom is 0.305 e. The number of aliphatic carboxylic acids is 1. The molecule has 0 spiro atoms. The van der Waals surface area contributed by atoms with Gasteiger partial charge < -0.3 is 27.2 Å². The van der Waals surface area contributed by atoms with Gasteiger partial charge in [-0.3, -0.25) is 24.0 Å². The van der Waals surface area contributed by atoms with Crippen molar-refractivity contribution in [3.8, 4) is 0 Å². The molecule has 1 aliphatic rings. The van der Waals surface area contributed by atoms with Crippen LogP contribution in [0.1, 0.15) is 64.2 Å². The minimum Gasteiger partial charge on any atom is -0.481 e. The van der Waals surface area contributed by atoms with Gasteiger partial charge in [0.05, 0.1) is 6.42 Å². The Morgan fingerprint density at radius 2 is 1.57 bits per heavy atom. The van der Waals surface area contributed by atoms with Crippen LogP contribution in [-0.2, 0) is 24.0 Å². The van der Waals surface area contributed by atoms with Crippen LogP contribution in [0.2, 0.25) is 0 Å². The number of carboxylic acids is 1. The monoisotopic (exact) mass is 398 g/mol. The molecule has 2 atom stereocenters. The quantitative estimate of drug-likeness (QED) is 0.296. The van der Waals surface area contributed by atoms with E-state index in [0.29, 0.717) is 6.42 Å². The van der Waals surface area contributed by atoms with Crippen LogP contribution in [-0.4, -0.2) is 46.8 Å². The largest absolute Gasteiger partial charge is 0.481 e. The van der Waals surface area contributed by atoms with Crippen LogP contribution in [0.3, 0.4) is 0 Å². The van der Waals surface area contributed by atoms with Crippen molar-refractivity contribution in [1.29, 1.82) is 0 Å². The zero-order valence-corrected chi connectivity index (χ0v) is 15.9. The fraction of sp³-hybridized carbons (Fsp3) is 0.722. The van der Waals surface area contributed by atoms with Gasteiger partial charge >= 0.3 is 5.97 Å². The van der Waals surface area contributed by atoms with Crippen molar-refractivity contribution in [2.45, 2.75) is 76.3 Å². The third kappa shape index (κ3) is 9.33. The predicted octanol–water partition coefficient (Wildman–Crippen LogP) is -0.458. The molecule has 0 unspecified atom stereocenters. The Labute approximate surface area is 163 Å². The summed E-state index contributed by atoms with van der Waals surface area (Å²) in [5.41, 5.74) is 10.4. The number of hydrogen-bond acceptors (Lipinski definition) is 5. The molecule has 0 radical (unpaired) electrons. The van der Waals surface area contributed by atoms with E-state index in [4.69, 9.17) is 16.6 Å². The number of carbonyl (C=O) groups excluding carboxylic acids is 4. The van der Waals surface area contributed by atoms with Crippen molar-refractivity contribution in [3.63, 3.8) is 0 Å². The first-order valence-electron chi connectivity index (χ1n) is 9.58. The Hall–Kier alpha value is -2.65. The van der Waals surface area contributed by atoms with Gasteiger partial charge in [-0.15, -0.1) is 0 Å². The highest BCUT2D eigenvalue weighted by molar-refractivity contribution is 5.93. The van der Waals surface area contributed by atoms with Gasteiger partial charge in [0, 0.05) is 12.8 Å². The van der Waals surface area contributed by atoms with Crippen molar-refractivity contribution < 1.29 is 29.1 Å². The summed E-state index contributed by atoms with van der Waals surface area (Å²) in [4.78, 5) is 57.9. The average molecular weight is 398 g/mol. The predicted molar refractivity (Wildman–Crippen MR) is 99.5 cm³/mol.